The van der Waals surface area contributed by atoms with Gasteiger partial charge in [-0.15, -0.1) is 0 Å². The maximum atomic E-state index is 6.07. The van der Waals surface area contributed by atoms with Crippen LogP contribution in [-0.4, -0.2) is 11.6 Å². The summed E-state index contributed by atoms with van der Waals surface area (Å²) in [5, 5.41) is 2.17. The van der Waals surface area contributed by atoms with Crippen LogP contribution in [0.15, 0.2) is 60.7 Å². The number of hydrogen-bond donors (Lipinski definition) is 0. The molecule has 2 aromatic carbocycles. The minimum absolute atomic E-state index is 0.397. The zero-order valence-corrected chi connectivity index (χ0v) is 11.7. The van der Waals surface area contributed by atoms with E-state index in [1.165, 1.54) is 30.4 Å². The highest BCUT2D eigenvalue weighted by Gasteiger charge is 2.24. The van der Waals surface area contributed by atoms with Gasteiger partial charge in [-0.25, -0.2) is 0 Å². The van der Waals surface area contributed by atoms with Crippen molar-refractivity contribution >= 4 is 0 Å². The maximum absolute atomic E-state index is 6.07. The fourth-order valence-electron chi connectivity index (χ4n) is 2.80. The second-order valence-electron chi connectivity index (χ2n) is 5.32. The molecule has 1 heterocycles. The van der Waals surface area contributed by atoms with Gasteiger partial charge in [-0.2, -0.15) is 5.06 Å². The molecule has 1 unspecified atom stereocenters. The molecule has 0 N–H and O–H groups in total. The van der Waals surface area contributed by atoms with E-state index in [4.69, 9.17) is 4.84 Å². The molecular weight excluding hydrogens is 246 g/mol. The van der Waals surface area contributed by atoms with Crippen molar-refractivity contribution in [3.63, 3.8) is 0 Å². The highest BCUT2D eigenvalue weighted by atomic mass is 16.7. The number of benzene rings is 2. The Kier molecular flexibility index (Phi) is 4.46. The van der Waals surface area contributed by atoms with Gasteiger partial charge in [-0.3, -0.25) is 4.84 Å². The van der Waals surface area contributed by atoms with E-state index in [9.17, 15) is 0 Å². The summed E-state index contributed by atoms with van der Waals surface area (Å²) in [6, 6.07) is 21.5. The summed E-state index contributed by atoms with van der Waals surface area (Å²) in [7, 11) is 0. The van der Waals surface area contributed by atoms with Crippen LogP contribution in [0.25, 0.3) is 0 Å². The third kappa shape index (κ3) is 3.27. The molecule has 0 saturated carbocycles. The lowest BCUT2D eigenvalue weighted by Gasteiger charge is -2.34. The van der Waals surface area contributed by atoms with Crippen molar-refractivity contribution in [2.45, 2.75) is 31.9 Å². The Bertz CT molecular complexity index is 511. The number of hydroxylamine groups is 2. The average molecular weight is 267 g/mol. The largest absolute Gasteiger partial charge is 0.294 e. The first kappa shape index (κ1) is 13.3. The number of piperidine rings is 1. The van der Waals surface area contributed by atoms with Gasteiger partial charge in [0, 0.05) is 6.54 Å². The molecule has 0 amide bonds. The molecule has 2 aromatic rings. The second kappa shape index (κ2) is 6.69. The molecule has 1 aliphatic heterocycles. The zero-order valence-electron chi connectivity index (χ0n) is 11.7. The lowest BCUT2D eigenvalue weighted by Crippen LogP contribution is -2.33. The summed E-state index contributed by atoms with van der Waals surface area (Å²) in [5.74, 6) is 0. The monoisotopic (exact) mass is 267 g/mol. The number of nitrogens with zero attached hydrogens (tertiary/aromatic N) is 1. The van der Waals surface area contributed by atoms with E-state index < -0.39 is 0 Å². The standard InChI is InChI=1S/C18H21NO/c1-3-9-16(10-4-1)15-20-19-14-8-7-13-18(19)17-11-5-2-6-12-17/h1-6,9-12,18H,7-8,13-15H2. The van der Waals surface area contributed by atoms with Crippen molar-refractivity contribution in [1.82, 2.24) is 5.06 Å². The van der Waals surface area contributed by atoms with Gasteiger partial charge in [0.15, 0.2) is 0 Å². The Morgan fingerprint density at radius 3 is 2.35 bits per heavy atom. The predicted molar refractivity (Wildman–Crippen MR) is 81.0 cm³/mol. The van der Waals surface area contributed by atoms with Gasteiger partial charge >= 0.3 is 0 Å². The van der Waals surface area contributed by atoms with E-state index in [1.54, 1.807) is 0 Å². The molecule has 0 aliphatic carbocycles. The Balaban J connectivity index is 1.67. The first-order valence-corrected chi connectivity index (χ1v) is 7.42. The van der Waals surface area contributed by atoms with Crippen molar-refractivity contribution in [2.24, 2.45) is 0 Å². The van der Waals surface area contributed by atoms with E-state index in [2.05, 4.69) is 59.7 Å². The van der Waals surface area contributed by atoms with E-state index in [0.29, 0.717) is 12.6 Å². The average Bonchev–Trinajstić information content (AvgIpc) is 2.55. The molecule has 0 radical (unpaired) electrons. The van der Waals surface area contributed by atoms with Gasteiger partial charge in [0.05, 0.1) is 12.6 Å². The van der Waals surface area contributed by atoms with Crippen molar-refractivity contribution in [2.75, 3.05) is 6.54 Å². The smallest absolute Gasteiger partial charge is 0.0936 e. The van der Waals surface area contributed by atoms with Gasteiger partial charge in [0.25, 0.3) is 0 Å². The highest BCUT2D eigenvalue weighted by Crippen LogP contribution is 2.31. The van der Waals surface area contributed by atoms with Crippen LogP contribution >= 0.6 is 0 Å². The lowest BCUT2D eigenvalue weighted by molar-refractivity contribution is -0.209. The normalized spacial score (nSPS) is 19.9. The topological polar surface area (TPSA) is 12.5 Å². The quantitative estimate of drug-likeness (QED) is 0.816. The molecular formula is C18H21NO. The summed E-state index contributed by atoms with van der Waals surface area (Å²) in [5.41, 5.74) is 2.59. The first-order chi connectivity index (χ1) is 9.93. The third-order valence-corrected chi connectivity index (χ3v) is 3.88. The summed E-state index contributed by atoms with van der Waals surface area (Å²) in [4.78, 5) is 6.07. The van der Waals surface area contributed by atoms with Crippen LogP contribution in [0.3, 0.4) is 0 Å². The van der Waals surface area contributed by atoms with E-state index in [0.717, 1.165) is 6.54 Å². The predicted octanol–water partition coefficient (Wildman–Crippen LogP) is 4.35. The van der Waals surface area contributed by atoms with Gasteiger partial charge in [0.2, 0.25) is 0 Å². The van der Waals surface area contributed by atoms with Crippen LogP contribution in [-0.2, 0) is 11.4 Å². The first-order valence-electron chi connectivity index (χ1n) is 7.42. The summed E-state index contributed by atoms with van der Waals surface area (Å²) in [6.45, 7) is 1.68. The molecule has 0 aromatic heterocycles. The Morgan fingerprint density at radius 2 is 1.60 bits per heavy atom. The second-order valence-corrected chi connectivity index (χ2v) is 5.32. The SMILES string of the molecule is c1ccc(CON2CCCCC2c2ccccc2)cc1. The van der Waals surface area contributed by atoms with Gasteiger partial charge in [-0.05, 0) is 24.0 Å². The van der Waals surface area contributed by atoms with Crippen LogP contribution in [0.5, 0.6) is 0 Å². The summed E-state index contributed by atoms with van der Waals surface area (Å²) in [6.07, 6.45) is 3.68. The van der Waals surface area contributed by atoms with Crippen LogP contribution in [0.4, 0.5) is 0 Å². The fraction of sp³-hybridized carbons (Fsp3) is 0.333. The molecule has 3 rings (SSSR count). The molecule has 0 bridgehead atoms. The van der Waals surface area contributed by atoms with E-state index in [1.807, 2.05) is 6.07 Å². The van der Waals surface area contributed by atoms with Gasteiger partial charge in [-0.1, -0.05) is 67.1 Å². The molecule has 1 saturated heterocycles. The van der Waals surface area contributed by atoms with Crippen molar-refractivity contribution in [1.29, 1.82) is 0 Å². The summed E-state index contributed by atoms with van der Waals surface area (Å²) >= 11 is 0. The maximum Gasteiger partial charge on any atom is 0.0936 e. The molecule has 104 valence electrons. The fourth-order valence-corrected chi connectivity index (χ4v) is 2.80. The molecule has 2 nitrogen and oxygen atoms in total. The van der Waals surface area contributed by atoms with Crippen molar-refractivity contribution in [3.8, 4) is 0 Å². The minimum Gasteiger partial charge on any atom is -0.294 e. The lowest BCUT2D eigenvalue weighted by atomic mass is 9.97. The Labute approximate surface area is 120 Å². The molecule has 20 heavy (non-hydrogen) atoms. The number of hydrogen-bond acceptors (Lipinski definition) is 2. The minimum atomic E-state index is 0.397. The zero-order chi connectivity index (χ0) is 13.6. The molecule has 1 atom stereocenters. The van der Waals surface area contributed by atoms with E-state index >= 15 is 0 Å². The van der Waals surface area contributed by atoms with Gasteiger partial charge < -0.3 is 0 Å². The molecule has 0 spiro atoms. The Hall–Kier alpha value is -1.64. The van der Waals surface area contributed by atoms with Crippen LogP contribution in [0.1, 0.15) is 36.4 Å². The highest BCUT2D eigenvalue weighted by molar-refractivity contribution is 5.19. The Morgan fingerprint density at radius 1 is 0.900 bits per heavy atom. The summed E-state index contributed by atoms with van der Waals surface area (Å²) < 4.78 is 0. The molecule has 2 heteroatoms. The number of rotatable bonds is 4. The van der Waals surface area contributed by atoms with Crippen LogP contribution < -0.4 is 0 Å². The van der Waals surface area contributed by atoms with E-state index in [-0.39, 0.29) is 0 Å². The van der Waals surface area contributed by atoms with Crippen LogP contribution in [0, 0.1) is 0 Å². The van der Waals surface area contributed by atoms with Gasteiger partial charge in [0.1, 0.15) is 0 Å². The molecule has 1 aliphatic rings. The molecule has 1 fully saturated rings. The van der Waals surface area contributed by atoms with Crippen molar-refractivity contribution in [3.05, 3.63) is 71.8 Å². The third-order valence-electron chi connectivity index (χ3n) is 3.88. The van der Waals surface area contributed by atoms with Crippen molar-refractivity contribution < 1.29 is 4.84 Å². The van der Waals surface area contributed by atoms with Crippen LogP contribution in [0.2, 0.25) is 0 Å².